The highest BCUT2D eigenvalue weighted by Crippen LogP contribution is 2.46. The van der Waals surface area contributed by atoms with E-state index in [-0.39, 0.29) is 0 Å². The second-order valence-electron chi connectivity index (χ2n) is 13.1. The number of aromatic nitrogens is 3. The summed E-state index contributed by atoms with van der Waals surface area (Å²) in [4.78, 5) is 15.9. The van der Waals surface area contributed by atoms with Gasteiger partial charge in [0.1, 0.15) is 0 Å². The lowest BCUT2D eigenvalue weighted by Gasteiger charge is -2.14. The van der Waals surface area contributed by atoms with E-state index in [0.717, 1.165) is 49.0 Å². The van der Waals surface area contributed by atoms with Crippen molar-refractivity contribution < 1.29 is 0 Å². The summed E-state index contributed by atoms with van der Waals surface area (Å²) in [6, 6.07) is 58.4. The van der Waals surface area contributed by atoms with Crippen LogP contribution in [0.4, 0.5) is 0 Å². The lowest BCUT2D eigenvalue weighted by molar-refractivity contribution is 1.08. The van der Waals surface area contributed by atoms with Crippen LogP contribution in [0.1, 0.15) is 0 Å². The van der Waals surface area contributed by atoms with Crippen molar-refractivity contribution in [2.75, 3.05) is 0 Å². The van der Waals surface area contributed by atoms with E-state index in [4.69, 9.17) is 15.0 Å². The Morgan fingerprint density at radius 2 is 0.804 bits per heavy atom. The predicted octanol–water partition coefficient (Wildman–Crippen LogP) is 13.0. The maximum absolute atomic E-state index is 5.34. The average Bonchev–Trinajstić information content (AvgIpc) is 3.59. The van der Waals surface area contributed by atoms with Crippen molar-refractivity contribution in [3.63, 3.8) is 0 Å². The van der Waals surface area contributed by atoms with E-state index in [2.05, 4.69) is 164 Å². The van der Waals surface area contributed by atoms with Crippen LogP contribution in [0.15, 0.2) is 164 Å². The number of benzene rings is 9. The minimum absolute atomic E-state index is 0.662. The molecule has 0 bridgehead atoms. The second-order valence-corrected chi connectivity index (χ2v) is 14.2. The van der Waals surface area contributed by atoms with E-state index in [9.17, 15) is 0 Å². The molecule has 0 saturated heterocycles. The first-order chi connectivity index (χ1) is 25.3. The fourth-order valence-electron chi connectivity index (χ4n) is 7.95. The van der Waals surface area contributed by atoms with Gasteiger partial charge in [0, 0.05) is 36.9 Å². The fourth-order valence-corrected chi connectivity index (χ4v) is 9.19. The third kappa shape index (κ3) is 4.33. The van der Waals surface area contributed by atoms with Crippen molar-refractivity contribution in [3.8, 4) is 34.2 Å². The van der Waals surface area contributed by atoms with E-state index < -0.39 is 0 Å². The molecule has 0 spiro atoms. The first-order valence-electron chi connectivity index (χ1n) is 17.2. The van der Waals surface area contributed by atoms with Crippen molar-refractivity contribution in [1.82, 2.24) is 15.0 Å². The van der Waals surface area contributed by atoms with Gasteiger partial charge in [-0.25, -0.2) is 15.0 Å². The molecule has 0 aliphatic carbocycles. The van der Waals surface area contributed by atoms with E-state index in [1.165, 1.54) is 41.7 Å². The monoisotopic (exact) mass is 665 g/mol. The smallest absolute Gasteiger partial charge is 0.164 e. The summed E-state index contributed by atoms with van der Waals surface area (Å²) in [7, 11) is 0. The Hall–Kier alpha value is -6.49. The summed E-state index contributed by atoms with van der Waals surface area (Å²) < 4.78 is 2.60. The molecule has 11 rings (SSSR count). The SMILES string of the molecule is c1ccc2c(-c3nc(-c4cccc5ccccc45)nc(-c4cc5ccccc5c5c4ccc4sc6c7ccccc7ccc6c45)n3)cccc2c1. The maximum Gasteiger partial charge on any atom is 0.164 e. The topological polar surface area (TPSA) is 38.7 Å². The summed E-state index contributed by atoms with van der Waals surface area (Å²) in [6.07, 6.45) is 0. The van der Waals surface area contributed by atoms with Crippen LogP contribution >= 0.6 is 11.3 Å². The van der Waals surface area contributed by atoms with Crippen molar-refractivity contribution in [3.05, 3.63) is 164 Å². The zero-order valence-electron chi connectivity index (χ0n) is 27.3. The van der Waals surface area contributed by atoms with Crippen LogP contribution < -0.4 is 0 Å². The Kier molecular flexibility index (Phi) is 6.12. The Morgan fingerprint density at radius 1 is 0.314 bits per heavy atom. The van der Waals surface area contributed by atoms with Crippen LogP contribution in [0.3, 0.4) is 0 Å². The predicted molar refractivity (Wildman–Crippen MR) is 217 cm³/mol. The molecule has 9 aromatic carbocycles. The molecule has 0 aliphatic rings. The molecular formula is C47H27N3S. The van der Waals surface area contributed by atoms with Crippen LogP contribution in [0.25, 0.3) is 108 Å². The molecule has 0 aliphatic heterocycles. The minimum Gasteiger partial charge on any atom is -0.208 e. The Bertz CT molecular complexity index is 3110. The maximum atomic E-state index is 5.34. The van der Waals surface area contributed by atoms with Crippen LogP contribution in [-0.2, 0) is 0 Å². The molecule has 2 heterocycles. The van der Waals surface area contributed by atoms with Gasteiger partial charge < -0.3 is 0 Å². The Balaban J connectivity index is 1.27. The highest BCUT2D eigenvalue weighted by atomic mass is 32.1. The fraction of sp³-hybridized carbons (Fsp3) is 0. The molecule has 4 heteroatoms. The molecule has 51 heavy (non-hydrogen) atoms. The normalized spacial score (nSPS) is 11.9. The molecular weight excluding hydrogens is 639 g/mol. The van der Waals surface area contributed by atoms with Crippen LogP contribution in [0, 0.1) is 0 Å². The number of hydrogen-bond donors (Lipinski definition) is 0. The molecule has 0 amide bonds. The molecule has 0 saturated carbocycles. The van der Waals surface area contributed by atoms with Gasteiger partial charge in [-0.1, -0.05) is 152 Å². The largest absolute Gasteiger partial charge is 0.208 e. The van der Waals surface area contributed by atoms with Crippen LogP contribution in [-0.4, -0.2) is 15.0 Å². The standard InChI is InChI=1S/C47H27N3S/c1-5-17-32-28(11-1)15-9-21-37(32)45-48-46(38-22-10-16-29-12-2-6-18-33(29)38)50-47(49-45)40-27-31-14-4-7-19-34(31)42-36(40)25-26-41-43(42)39-24-23-30-13-3-8-20-35(30)44(39)51-41/h1-27H. The number of rotatable bonds is 3. The van der Waals surface area contributed by atoms with Gasteiger partial charge in [0.25, 0.3) is 0 Å². The van der Waals surface area contributed by atoms with Crippen molar-refractivity contribution in [1.29, 1.82) is 0 Å². The van der Waals surface area contributed by atoms with E-state index in [0.29, 0.717) is 17.5 Å². The highest BCUT2D eigenvalue weighted by molar-refractivity contribution is 7.27. The average molecular weight is 666 g/mol. The van der Waals surface area contributed by atoms with Gasteiger partial charge >= 0.3 is 0 Å². The minimum atomic E-state index is 0.662. The molecule has 2 aromatic heterocycles. The molecule has 0 unspecified atom stereocenters. The van der Waals surface area contributed by atoms with Gasteiger partial charge in [-0.15, -0.1) is 11.3 Å². The molecule has 0 radical (unpaired) electrons. The van der Waals surface area contributed by atoms with Crippen LogP contribution in [0.2, 0.25) is 0 Å². The number of fused-ring (bicyclic) bond motifs is 11. The summed E-state index contributed by atoms with van der Waals surface area (Å²) in [5, 5.41) is 14.4. The number of hydrogen-bond acceptors (Lipinski definition) is 4. The first kappa shape index (κ1) is 28.4. The van der Waals surface area contributed by atoms with Gasteiger partial charge in [0.15, 0.2) is 17.5 Å². The molecule has 0 N–H and O–H groups in total. The second kappa shape index (κ2) is 11.0. The molecule has 236 valence electrons. The Morgan fingerprint density at radius 3 is 1.45 bits per heavy atom. The van der Waals surface area contributed by atoms with E-state index >= 15 is 0 Å². The van der Waals surface area contributed by atoms with Gasteiger partial charge in [-0.2, -0.15) is 0 Å². The van der Waals surface area contributed by atoms with Gasteiger partial charge in [0.05, 0.1) is 0 Å². The summed E-state index contributed by atoms with van der Waals surface area (Å²) >= 11 is 1.88. The van der Waals surface area contributed by atoms with Crippen molar-refractivity contribution >= 4 is 85.4 Å². The molecule has 11 aromatic rings. The molecule has 0 fully saturated rings. The van der Waals surface area contributed by atoms with Crippen molar-refractivity contribution in [2.45, 2.75) is 0 Å². The van der Waals surface area contributed by atoms with Crippen LogP contribution in [0.5, 0.6) is 0 Å². The van der Waals surface area contributed by atoms with Gasteiger partial charge in [0.2, 0.25) is 0 Å². The highest BCUT2D eigenvalue weighted by Gasteiger charge is 2.20. The quantitative estimate of drug-likeness (QED) is 0.176. The summed E-state index contributed by atoms with van der Waals surface area (Å²) in [5.41, 5.74) is 2.97. The molecule has 3 nitrogen and oxygen atoms in total. The lowest BCUT2D eigenvalue weighted by atomic mass is 9.93. The van der Waals surface area contributed by atoms with Crippen molar-refractivity contribution in [2.24, 2.45) is 0 Å². The zero-order chi connectivity index (χ0) is 33.5. The molecule has 0 atom stereocenters. The number of thiophene rings is 1. The van der Waals surface area contributed by atoms with Gasteiger partial charge in [-0.3, -0.25) is 0 Å². The van der Waals surface area contributed by atoms with E-state index in [1.54, 1.807) is 0 Å². The third-order valence-electron chi connectivity index (χ3n) is 10.3. The summed E-state index contributed by atoms with van der Waals surface area (Å²) in [6.45, 7) is 0. The first-order valence-corrected chi connectivity index (χ1v) is 18.0. The Labute approximate surface area is 297 Å². The number of nitrogens with zero attached hydrogens (tertiary/aromatic N) is 3. The lowest BCUT2D eigenvalue weighted by Crippen LogP contribution is -2.01. The zero-order valence-corrected chi connectivity index (χ0v) is 28.2. The van der Waals surface area contributed by atoms with Gasteiger partial charge in [-0.05, 0) is 66.0 Å². The third-order valence-corrected chi connectivity index (χ3v) is 11.5. The van der Waals surface area contributed by atoms with E-state index in [1.807, 2.05) is 11.3 Å². The summed E-state index contributed by atoms with van der Waals surface area (Å²) in [5.74, 6) is 1.99.